The number of rotatable bonds is 6. The smallest absolute Gasteiger partial charge is 0.269 e. The van der Waals surface area contributed by atoms with Crippen molar-refractivity contribution in [3.63, 3.8) is 0 Å². The maximum Gasteiger partial charge on any atom is 0.269 e. The number of allylic oxidation sites excluding steroid dienone is 1. The van der Waals surface area contributed by atoms with Gasteiger partial charge in [-0.2, -0.15) is 0 Å². The third-order valence-corrected chi connectivity index (χ3v) is 4.02. The van der Waals surface area contributed by atoms with E-state index in [0.717, 1.165) is 5.56 Å². The van der Waals surface area contributed by atoms with Crippen molar-refractivity contribution >= 4 is 23.2 Å². The minimum atomic E-state index is -0.504. The molecule has 1 atom stereocenters. The molecule has 0 heterocycles. The zero-order valence-corrected chi connectivity index (χ0v) is 13.9. The molecule has 2 aromatic carbocycles. The minimum Gasteiger partial charge on any atom is -0.304 e. The van der Waals surface area contributed by atoms with Crippen LogP contribution in [0, 0.1) is 10.1 Å². The Morgan fingerprint density at radius 3 is 2.29 bits per heavy atom. The molecule has 0 saturated carbocycles. The van der Waals surface area contributed by atoms with Crippen LogP contribution in [-0.4, -0.2) is 21.6 Å². The summed E-state index contributed by atoms with van der Waals surface area (Å²) in [7, 11) is 0. The molecule has 0 spiro atoms. The lowest BCUT2D eigenvalue weighted by Gasteiger charge is -2.30. The summed E-state index contributed by atoms with van der Waals surface area (Å²) in [6.07, 6.45) is 0. The first-order valence-electron chi connectivity index (χ1n) is 7.32. The molecular weight excluding hydrogens is 328 g/mol. The van der Waals surface area contributed by atoms with Gasteiger partial charge in [0.2, 0.25) is 0 Å². The van der Waals surface area contributed by atoms with Gasteiger partial charge in [-0.25, -0.2) is 0 Å². The van der Waals surface area contributed by atoms with Crippen LogP contribution in [0.15, 0.2) is 66.9 Å². The zero-order chi connectivity index (χ0) is 17.7. The first-order chi connectivity index (χ1) is 11.5. The standard InChI is InChI=1S/C18H17ClN2O3/c1-13(12-19)20(14(2)15-6-4-3-5-7-15)18(22)16-8-10-17(11-9-16)21(23)24/h3-11,14H,1,12H2,2H3/t14-/m0/s1. The van der Waals surface area contributed by atoms with E-state index in [-0.39, 0.29) is 23.5 Å². The summed E-state index contributed by atoms with van der Waals surface area (Å²) in [5.41, 5.74) is 1.69. The predicted octanol–water partition coefficient (Wildman–Crippen LogP) is 4.55. The van der Waals surface area contributed by atoms with Gasteiger partial charge in [-0.3, -0.25) is 14.9 Å². The quantitative estimate of drug-likeness (QED) is 0.438. The number of alkyl halides is 1. The number of nitrogens with zero attached hydrogens (tertiary/aromatic N) is 2. The van der Waals surface area contributed by atoms with E-state index in [4.69, 9.17) is 11.6 Å². The van der Waals surface area contributed by atoms with Crippen molar-refractivity contribution in [1.29, 1.82) is 0 Å². The fourth-order valence-corrected chi connectivity index (χ4v) is 2.53. The summed E-state index contributed by atoms with van der Waals surface area (Å²) >= 11 is 5.89. The molecule has 0 aliphatic carbocycles. The highest BCUT2D eigenvalue weighted by atomic mass is 35.5. The number of non-ortho nitro benzene ring substituents is 1. The number of carbonyl (C=O) groups excluding carboxylic acids is 1. The first kappa shape index (κ1) is 17.7. The monoisotopic (exact) mass is 344 g/mol. The fraction of sp³-hybridized carbons (Fsp3) is 0.167. The molecule has 0 aliphatic rings. The number of hydrogen-bond acceptors (Lipinski definition) is 3. The van der Waals surface area contributed by atoms with Gasteiger partial charge in [-0.15, -0.1) is 11.6 Å². The molecule has 124 valence electrons. The third-order valence-electron chi connectivity index (χ3n) is 3.71. The molecule has 0 saturated heterocycles. The van der Waals surface area contributed by atoms with Gasteiger partial charge in [-0.05, 0) is 24.6 Å². The van der Waals surface area contributed by atoms with Crippen molar-refractivity contribution in [2.45, 2.75) is 13.0 Å². The largest absolute Gasteiger partial charge is 0.304 e. The van der Waals surface area contributed by atoms with Crippen LogP contribution in [-0.2, 0) is 0 Å². The molecule has 0 bridgehead atoms. The highest BCUT2D eigenvalue weighted by molar-refractivity contribution is 6.19. The van der Waals surface area contributed by atoms with Gasteiger partial charge in [0, 0.05) is 23.4 Å². The van der Waals surface area contributed by atoms with E-state index in [2.05, 4.69) is 6.58 Å². The molecule has 5 nitrogen and oxygen atoms in total. The van der Waals surface area contributed by atoms with E-state index < -0.39 is 4.92 Å². The Bertz CT molecular complexity index is 745. The summed E-state index contributed by atoms with van der Waals surface area (Å²) in [6.45, 7) is 5.76. The SMILES string of the molecule is C=C(CCl)N(C(=O)c1ccc([N+](=O)[O-])cc1)[C@@H](C)c1ccccc1. The van der Waals surface area contributed by atoms with Crippen LogP contribution in [0.2, 0.25) is 0 Å². The van der Waals surface area contributed by atoms with Gasteiger partial charge in [0.05, 0.1) is 16.8 Å². The highest BCUT2D eigenvalue weighted by Gasteiger charge is 2.25. The van der Waals surface area contributed by atoms with E-state index in [1.165, 1.54) is 29.2 Å². The molecule has 2 aromatic rings. The molecule has 0 unspecified atom stereocenters. The molecule has 0 radical (unpaired) electrons. The van der Waals surface area contributed by atoms with Gasteiger partial charge >= 0.3 is 0 Å². The van der Waals surface area contributed by atoms with Crippen LogP contribution in [0.5, 0.6) is 0 Å². The molecule has 6 heteroatoms. The Morgan fingerprint density at radius 1 is 1.21 bits per heavy atom. The second kappa shape index (κ2) is 7.75. The van der Waals surface area contributed by atoms with Crippen molar-refractivity contribution in [2.24, 2.45) is 0 Å². The average molecular weight is 345 g/mol. The van der Waals surface area contributed by atoms with E-state index >= 15 is 0 Å². The normalized spacial score (nSPS) is 11.6. The number of halogens is 1. The lowest BCUT2D eigenvalue weighted by molar-refractivity contribution is -0.384. The maximum absolute atomic E-state index is 12.9. The Kier molecular flexibility index (Phi) is 5.71. The van der Waals surface area contributed by atoms with Crippen molar-refractivity contribution < 1.29 is 9.72 Å². The van der Waals surface area contributed by atoms with Gasteiger partial charge in [0.25, 0.3) is 11.6 Å². The number of amides is 1. The van der Waals surface area contributed by atoms with Gasteiger partial charge in [0.1, 0.15) is 0 Å². The zero-order valence-electron chi connectivity index (χ0n) is 13.2. The minimum absolute atomic E-state index is 0.0645. The molecular formula is C18H17ClN2O3. The van der Waals surface area contributed by atoms with Crippen LogP contribution in [0.3, 0.4) is 0 Å². The number of nitro benzene ring substituents is 1. The second-order valence-corrected chi connectivity index (χ2v) is 5.53. The van der Waals surface area contributed by atoms with Crippen molar-refractivity contribution in [3.05, 3.63) is 88.1 Å². The summed E-state index contributed by atoms with van der Waals surface area (Å²) in [4.78, 5) is 24.6. The van der Waals surface area contributed by atoms with E-state index in [1.807, 2.05) is 37.3 Å². The predicted molar refractivity (Wildman–Crippen MR) is 94.0 cm³/mol. The molecule has 0 N–H and O–H groups in total. The van der Waals surface area contributed by atoms with Crippen LogP contribution < -0.4 is 0 Å². The van der Waals surface area contributed by atoms with Crippen molar-refractivity contribution in [3.8, 4) is 0 Å². The lowest BCUT2D eigenvalue weighted by Crippen LogP contribution is -2.33. The summed E-state index contributed by atoms with van der Waals surface area (Å²) in [6, 6.07) is 14.7. The average Bonchev–Trinajstić information content (AvgIpc) is 2.62. The van der Waals surface area contributed by atoms with Crippen molar-refractivity contribution in [1.82, 2.24) is 4.90 Å². The molecule has 1 amide bonds. The number of hydrogen-bond donors (Lipinski definition) is 0. The third kappa shape index (κ3) is 3.81. The molecule has 0 aromatic heterocycles. The van der Waals surface area contributed by atoms with Crippen LogP contribution in [0.25, 0.3) is 0 Å². The van der Waals surface area contributed by atoms with Crippen LogP contribution in [0.4, 0.5) is 5.69 Å². The highest BCUT2D eigenvalue weighted by Crippen LogP contribution is 2.27. The molecule has 0 fully saturated rings. The Morgan fingerprint density at radius 2 is 1.79 bits per heavy atom. The fourth-order valence-electron chi connectivity index (χ4n) is 2.40. The van der Waals surface area contributed by atoms with E-state index in [1.54, 1.807) is 0 Å². The number of nitro groups is 1. The Labute approximate surface area is 145 Å². The Hall–Kier alpha value is -2.66. The molecule has 2 rings (SSSR count). The number of carbonyl (C=O) groups is 1. The lowest BCUT2D eigenvalue weighted by atomic mass is 10.0. The second-order valence-electron chi connectivity index (χ2n) is 5.27. The van der Waals surface area contributed by atoms with Gasteiger partial charge < -0.3 is 4.90 Å². The van der Waals surface area contributed by atoms with Crippen molar-refractivity contribution in [2.75, 3.05) is 5.88 Å². The van der Waals surface area contributed by atoms with Crippen LogP contribution in [0.1, 0.15) is 28.9 Å². The van der Waals surface area contributed by atoms with E-state index in [9.17, 15) is 14.9 Å². The Balaban J connectivity index is 2.35. The van der Waals surface area contributed by atoms with Crippen LogP contribution >= 0.6 is 11.6 Å². The van der Waals surface area contributed by atoms with Gasteiger partial charge in [-0.1, -0.05) is 36.9 Å². The first-order valence-corrected chi connectivity index (χ1v) is 7.86. The topological polar surface area (TPSA) is 63.5 Å². The summed E-state index contributed by atoms with van der Waals surface area (Å²) in [5.74, 6) is -0.192. The van der Waals surface area contributed by atoms with E-state index in [0.29, 0.717) is 11.3 Å². The molecule has 0 aliphatic heterocycles. The summed E-state index contributed by atoms with van der Waals surface area (Å²) < 4.78 is 0. The molecule has 24 heavy (non-hydrogen) atoms. The van der Waals surface area contributed by atoms with Gasteiger partial charge in [0.15, 0.2) is 0 Å². The number of benzene rings is 2. The summed E-state index contributed by atoms with van der Waals surface area (Å²) in [5, 5.41) is 10.7. The maximum atomic E-state index is 12.9.